The second-order valence-electron chi connectivity index (χ2n) is 3.49. The van der Waals surface area contributed by atoms with Crippen molar-refractivity contribution in [2.24, 2.45) is 0 Å². The van der Waals surface area contributed by atoms with E-state index in [-0.39, 0.29) is 6.61 Å². The molecule has 2 rings (SSSR count). The zero-order valence-electron chi connectivity index (χ0n) is 8.30. The van der Waals surface area contributed by atoms with Crippen LogP contribution in [0.2, 0.25) is 0 Å². The van der Waals surface area contributed by atoms with Crippen molar-refractivity contribution in [2.75, 3.05) is 6.61 Å². The third-order valence-electron chi connectivity index (χ3n) is 2.40. The number of aromatic nitrogens is 1. The SMILES string of the molecule is OCCC(O)c1cnc2ccccc2c1. The molecular weight excluding hydrogens is 190 g/mol. The quantitative estimate of drug-likeness (QED) is 0.797. The maximum atomic E-state index is 9.68. The molecule has 0 aliphatic heterocycles. The third kappa shape index (κ3) is 2.14. The first-order valence-electron chi connectivity index (χ1n) is 4.95. The van der Waals surface area contributed by atoms with Gasteiger partial charge in [-0.1, -0.05) is 18.2 Å². The number of hydrogen-bond donors (Lipinski definition) is 2. The van der Waals surface area contributed by atoms with E-state index in [1.54, 1.807) is 6.20 Å². The fourth-order valence-electron chi connectivity index (χ4n) is 1.56. The number of para-hydroxylation sites is 1. The zero-order valence-corrected chi connectivity index (χ0v) is 8.30. The molecule has 0 saturated carbocycles. The highest BCUT2D eigenvalue weighted by molar-refractivity contribution is 5.78. The smallest absolute Gasteiger partial charge is 0.0827 e. The Morgan fingerprint density at radius 1 is 1.27 bits per heavy atom. The number of fused-ring (bicyclic) bond motifs is 1. The van der Waals surface area contributed by atoms with Gasteiger partial charge in [0.15, 0.2) is 0 Å². The van der Waals surface area contributed by atoms with Gasteiger partial charge in [0.1, 0.15) is 0 Å². The third-order valence-corrected chi connectivity index (χ3v) is 2.40. The van der Waals surface area contributed by atoms with Crippen LogP contribution in [0.1, 0.15) is 18.1 Å². The highest BCUT2D eigenvalue weighted by atomic mass is 16.3. The normalized spacial score (nSPS) is 12.9. The van der Waals surface area contributed by atoms with Gasteiger partial charge in [-0.3, -0.25) is 4.98 Å². The first kappa shape index (κ1) is 10.1. The van der Waals surface area contributed by atoms with Crippen molar-refractivity contribution in [1.82, 2.24) is 4.98 Å². The van der Waals surface area contributed by atoms with Crippen LogP contribution in [-0.4, -0.2) is 21.8 Å². The minimum Gasteiger partial charge on any atom is -0.396 e. The van der Waals surface area contributed by atoms with E-state index in [1.165, 1.54) is 0 Å². The maximum Gasteiger partial charge on any atom is 0.0827 e. The summed E-state index contributed by atoms with van der Waals surface area (Å²) < 4.78 is 0. The lowest BCUT2D eigenvalue weighted by Gasteiger charge is -2.09. The molecule has 78 valence electrons. The van der Waals surface area contributed by atoms with Crippen LogP contribution < -0.4 is 0 Å². The van der Waals surface area contributed by atoms with Crippen LogP contribution in [0.3, 0.4) is 0 Å². The summed E-state index contributed by atoms with van der Waals surface area (Å²) >= 11 is 0. The van der Waals surface area contributed by atoms with E-state index in [0.717, 1.165) is 16.5 Å². The van der Waals surface area contributed by atoms with Crippen molar-refractivity contribution in [3.8, 4) is 0 Å². The number of nitrogens with zero attached hydrogens (tertiary/aromatic N) is 1. The summed E-state index contributed by atoms with van der Waals surface area (Å²) in [6.45, 7) is -0.0198. The predicted octanol–water partition coefficient (Wildman–Crippen LogP) is 1.65. The number of pyridine rings is 1. The van der Waals surface area contributed by atoms with E-state index in [4.69, 9.17) is 5.11 Å². The number of hydrogen-bond acceptors (Lipinski definition) is 3. The van der Waals surface area contributed by atoms with Gasteiger partial charge in [-0.15, -0.1) is 0 Å². The van der Waals surface area contributed by atoms with E-state index in [9.17, 15) is 5.11 Å². The molecular formula is C12H13NO2. The average Bonchev–Trinajstić information content (AvgIpc) is 2.29. The molecule has 0 aliphatic carbocycles. The minimum absolute atomic E-state index is 0.0198. The topological polar surface area (TPSA) is 53.4 Å². The Morgan fingerprint density at radius 3 is 2.87 bits per heavy atom. The van der Waals surface area contributed by atoms with Crippen LogP contribution in [0.25, 0.3) is 10.9 Å². The van der Waals surface area contributed by atoms with Crippen molar-refractivity contribution in [2.45, 2.75) is 12.5 Å². The first-order chi connectivity index (χ1) is 7.31. The largest absolute Gasteiger partial charge is 0.396 e. The van der Waals surface area contributed by atoms with E-state index < -0.39 is 6.10 Å². The average molecular weight is 203 g/mol. The number of benzene rings is 1. The number of rotatable bonds is 3. The van der Waals surface area contributed by atoms with Gasteiger partial charge >= 0.3 is 0 Å². The minimum atomic E-state index is -0.632. The molecule has 0 amide bonds. The maximum absolute atomic E-state index is 9.68. The molecule has 2 aromatic rings. The van der Waals surface area contributed by atoms with Gasteiger partial charge in [-0.05, 0) is 17.7 Å². The van der Waals surface area contributed by atoms with Gasteiger partial charge in [0.05, 0.1) is 11.6 Å². The van der Waals surface area contributed by atoms with Gasteiger partial charge in [0.25, 0.3) is 0 Å². The van der Waals surface area contributed by atoms with Gasteiger partial charge in [0, 0.05) is 24.6 Å². The van der Waals surface area contributed by atoms with Crippen LogP contribution in [0, 0.1) is 0 Å². The summed E-state index contributed by atoms with van der Waals surface area (Å²) in [6.07, 6.45) is 1.37. The summed E-state index contributed by atoms with van der Waals surface area (Å²) in [6, 6.07) is 9.66. The van der Waals surface area contributed by atoms with E-state index >= 15 is 0 Å². The molecule has 0 aliphatic rings. The Labute approximate surface area is 88.0 Å². The van der Waals surface area contributed by atoms with Gasteiger partial charge in [-0.25, -0.2) is 0 Å². The second kappa shape index (κ2) is 4.38. The molecule has 1 unspecified atom stereocenters. The molecule has 3 nitrogen and oxygen atoms in total. The number of aliphatic hydroxyl groups is 2. The summed E-state index contributed by atoms with van der Waals surface area (Å²) in [5.41, 5.74) is 1.67. The summed E-state index contributed by atoms with van der Waals surface area (Å²) in [4.78, 5) is 4.24. The molecule has 0 radical (unpaired) electrons. The van der Waals surface area contributed by atoms with E-state index in [2.05, 4.69) is 4.98 Å². The molecule has 3 heteroatoms. The van der Waals surface area contributed by atoms with Crippen molar-refractivity contribution in [3.63, 3.8) is 0 Å². The standard InChI is InChI=1S/C12H13NO2/c14-6-5-12(15)10-7-9-3-1-2-4-11(9)13-8-10/h1-4,7-8,12,14-15H,5-6H2. The van der Waals surface area contributed by atoms with Gasteiger partial charge in [0.2, 0.25) is 0 Å². The Morgan fingerprint density at radius 2 is 2.07 bits per heavy atom. The van der Waals surface area contributed by atoms with Crippen molar-refractivity contribution >= 4 is 10.9 Å². The lowest BCUT2D eigenvalue weighted by molar-refractivity contribution is 0.134. The number of aliphatic hydroxyl groups excluding tert-OH is 2. The molecule has 1 aromatic carbocycles. The molecule has 0 spiro atoms. The fraction of sp³-hybridized carbons (Fsp3) is 0.250. The molecule has 1 aromatic heterocycles. The van der Waals surface area contributed by atoms with Crippen LogP contribution in [-0.2, 0) is 0 Å². The molecule has 0 fully saturated rings. The van der Waals surface area contributed by atoms with Crippen LogP contribution >= 0.6 is 0 Å². The molecule has 15 heavy (non-hydrogen) atoms. The fourth-order valence-corrected chi connectivity index (χ4v) is 1.56. The molecule has 0 saturated heterocycles. The van der Waals surface area contributed by atoms with E-state index in [1.807, 2.05) is 30.3 Å². The second-order valence-corrected chi connectivity index (χ2v) is 3.49. The van der Waals surface area contributed by atoms with Gasteiger partial charge in [-0.2, -0.15) is 0 Å². The van der Waals surface area contributed by atoms with E-state index in [0.29, 0.717) is 6.42 Å². The zero-order chi connectivity index (χ0) is 10.7. The van der Waals surface area contributed by atoms with Crippen molar-refractivity contribution in [1.29, 1.82) is 0 Å². The van der Waals surface area contributed by atoms with Crippen molar-refractivity contribution in [3.05, 3.63) is 42.1 Å². The summed E-state index contributed by atoms with van der Waals surface area (Å²) in [5, 5.41) is 19.4. The predicted molar refractivity (Wildman–Crippen MR) is 58.4 cm³/mol. The Balaban J connectivity index is 2.38. The van der Waals surface area contributed by atoms with Gasteiger partial charge < -0.3 is 10.2 Å². The van der Waals surface area contributed by atoms with Crippen molar-refractivity contribution < 1.29 is 10.2 Å². The monoisotopic (exact) mass is 203 g/mol. The van der Waals surface area contributed by atoms with Crippen LogP contribution in [0.4, 0.5) is 0 Å². The lowest BCUT2D eigenvalue weighted by Crippen LogP contribution is -2.00. The Bertz CT molecular complexity index is 456. The summed E-state index contributed by atoms with van der Waals surface area (Å²) in [5.74, 6) is 0. The highest BCUT2D eigenvalue weighted by Gasteiger charge is 2.07. The highest BCUT2D eigenvalue weighted by Crippen LogP contribution is 2.19. The van der Waals surface area contributed by atoms with Crippen LogP contribution in [0.5, 0.6) is 0 Å². The Kier molecular flexibility index (Phi) is 2.94. The molecule has 2 N–H and O–H groups in total. The molecule has 1 heterocycles. The molecule has 1 atom stereocenters. The first-order valence-corrected chi connectivity index (χ1v) is 4.95. The van der Waals surface area contributed by atoms with Crippen LogP contribution in [0.15, 0.2) is 36.5 Å². The molecule has 0 bridgehead atoms. The lowest BCUT2D eigenvalue weighted by atomic mass is 10.1. The Hall–Kier alpha value is -1.45. The summed E-state index contributed by atoms with van der Waals surface area (Å²) in [7, 11) is 0.